The first-order chi connectivity index (χ1) is 10.3. The van der Waals surface area contributed by atoms with Crippen molar-refractivity contribution in [1.82, 2.24) is 9.88 Å². The van der Waals surface area contributed by atoms with Crippen molar-refractivity contribution in [3.63, 3.8) is 0 Å². The van der Waals surface area contributed by atoms with E-state index in [1.807, 2.05) is 20.8 Å². The zero-order valence-corrected chi connectivity index (χ0v) is 12.8. The maximum atomic E-state index is 11.8. The number of likely N-dealkylation sites (tertiary alicyclic amines) is 1. The minimum absolute atomic E-state index is 0.139. The Labute approximate surface area is 128 Å². The highest BCUT2D eigenvalue weighted by molar-refractivity contribution is 5.69. The van der Waals surface area contributed by atoms with Crippen LogP contribution in [0.5, 0.6) is 5.75 Å². The molecule has 0 atom stereocenters. The smallest absolute Gasteiger partial charge is 0.410 e. The number of amides is 1. The molecular formula is C14H19N3O5. The number of hydrogen-bond acceptors (Lipinski definition) is 6. The lowest BCUT2D eigenvalue weighted by molar-refractivity contribution is -0.386. The molecule has 0 saturated carbocycles. The first-order valence-electron chi connectivity index (χ1n) is 6.95. The number of rotatable bonds is 4. The van der Waals surface area contributed by atoms with Crippen LogP contribution in [0.3, 0.4) is 0 Å². The van der Waals surface area contributed by atoms with Gasteiger partial charge in [-0.1, -0.05) is 0 Å². The molecule has 1 amide bonds. The molecule has 1 aromatic heterocycles. The van der Waals surface area contributed by atoms with E-state index in [9.17, 15) is 14.9 Å². The molecule has 0 spiro atoms. The third-order valence-electron chi connectivity index (χ3n) is 3.04. The standard InChI is InChI=1S/C14H19N3O5/c1-14(2,3)22-13(18)16-7-10(8-16)9-21-12-4-5-15-6-11(12)17(19)20/h4-6,10H,7-9H2,1-3H3. The van der Waals surface area contributed by atoms with E-state index in [0.29, 0.717) is 19.7 Å². The fourth-order valence-corrected chi connectivity index (χ4v) is 1.99. The van der Waals surface area contributed by atoms with Crippen molar-refractivity contribution in [1.29, 1.82) is 0 Å². The van der Waals surface area contributed by atoms with Gasteiger partial charge < -0.3 is 14.4 Å². The number of nitrogens with zero attached hydrogens (tertiary/aromatic N) is 3. The number of pyridine rings is 1. The highest BCUT2D eigenvalue weighted by atomic mass is 16.6. The lowest BCUT2D eigenvalue weighted by atomic mass is 10.0. The summed E-state index contributed by atoms with van der Waals surface area (Å²) in [6.45, 7) is 6.79. The van der Waals surface area contributed by atoms with E-state index in [-0.39, 0.29) is 23.4 Å². The molecule has 0 unspecified atom stereocenters. The average Bonchev–Trinajstić information content (AvgIpc) is 2.34. The molecule has 0 N–H and O–H groups in total. The topological polar surface area (TPSA) is 94.8 Å². The van der Waals surface area contributed by atoms with E-state index in [1.165, 1.54) is 12.3 Å². The van der Waals surface area contributed by atoms with Gasteiger partial charge in [0.2, 0.25) is 0 Å². The lowest BCUT2D eigenvalue weighted by Gasteiger charge is -2.39. The third kappa shape index (κ3) is 4.06. The molecular weight excluding hydrogens is 290 g/mol. The highest BCUT2D eigenvalue weighted by Gasteiger charge is 2.34. The quantitative estimate of drug-likeness (QED) is 0.625. The van der Waals surface area contributed by atoms with E-state index in [1.54, 1.807) is 4.90 Å². The van der Waals surface area contributed by atoms with Gasteiger partial charge >= 0.3 is 11.8 Å². The fourth-order valence-electron chi connectivity index (χ4n) is 1.99. The number of aromatic nitrogens is 1. The Bertz CT molecular complexity index is 564. The first kappa shape index (κ1) is 16.0. The van der Waals surface area contributed by atoms with Gasteiger partial charge in [-0.25, -0.2) is 4.79 Å². The van der Waals surface area contributed by atoms with Crippen molar-refractivity contribution < 1.29 is 19.2 Å². The molecule has 1 aliphatic heterocycles. The third-order valence-corrected chi connectivity index (χ3v) is 3.04. The van der Waals surface area contributed by atoms with Gasteiger partial charge in [-0.2, -0.15) is 0 Å². The van der Waals surface area contributed by atoms with E-state index >= 15 is 0 Å². The van der Waals surface area contributed by atoms with Crippen LogP contribution in [-0.4, -0.2) is 46.2 Å². The van der Waals surface area contributed by atoms with Crippen molar-refractivity contribution in [2.45, 2.75) is 26.4 Å². The van der Waals surface area contributed by atoms with Gasteiger partial charge in [-0.15, -0.1) is 0 Å². The summed E-state index contributed by atoms with van der Waals surface area (Å²) in [4.78, 5) is 27.4. The van der Waals surface area contributed by atoms with Gasteiger partial charge in [-0.05, 0) is 20.8 Å². The number of nitro groups is 1. The van der Waals surface area contributed by atoms with Gasteiger partial charge in [0.05, 0.1) is 11.5 Å². The van der Waals surface area contributed by atoms with E-state index in [2.05, 4.69) is 4.98 Å². The number of hydrogen-bond donors (Lipinski definition) is 0. The van der Waals surface area contributed by atoms with Crippen LogP contribution in [0.2, 0.25) is 0 Å². The Morgan fingerprint density at radius 3 is 2.77 bits per heavy atom. The largest absolute Gasteiger partial charge is 0.486 e. The Hall–Kier alpha value is -2.38. The van der Waals surface area contributed by atoms with Crippen LogP contribution in [0.1, 0.15) is 20.8 Å². The van der Waals surface area contributed by atoms with Crippen molar-refractivity contribution in [3.05, 3.63) is 28.6 Å². The second kappa shape index (κ2) is 6.17. The van der Waals surface area contributed by atoms with Crippen LogP contribution in [0.15, 0.2) is 18.5 Å². The van der Waals surface area contributed by atoms with E-state index < -0.39 is 10.5 Å². The van der Waals surface area contributed by atoms with Crippen LogP contribution in [0.4, 0.5) is 10.5 Å². The van der Waals surface area contributed by atoms with E-state index in [0.717, 1.165) is 6.20 Å². The van der Waals surface area contributed by atoms with Crippen molar-refractivity contribution >= 4 is 11.8 Å². The van der Waals surface area contributed by atoms with Crippen molar-refractivity contribution in [2.24, 2.45) is 5.92 Å². The minimum Gasteiger partial charge on any atom is -0.486 e. The van der Waals surface area contributed by atoms with Crippen LogP contribution < -0.4 is 4.74 Å². The predicted molar refractivity (Wildman–Crippen MR) is 77.7 cm³/mol. The van der Waals surface area contributed by atoms with Crippen LogP contribution in [0.25, 0.3) is 0 Å². The second-order valence-electron chi connectivity index (χ2n) is 6.16. The molecule has 1 saturated heterocycles. The Balaban J connectivity index is 1.80. The van der Waals surface area contributed by atoms with Crippen molar-refractivity contribution in [2.75, 3.05) is 19.7 Å². The molecule has 0 bridgehead atoms. The first-order valence-corrected chi connectivity index (χ1v) is 6.95. The maximum absolute atomic E-state index is 11.8. The SMILES string of the molecule is CC(C)(C)OC(=O)N1CC(COc2ccncc2[N+](=O)[O-])C1. The van der Waals surface area contributed by atoms with Gasteiger partial charge in [0.15, 0.2) is 5.75 Å². The van der Waals surface area contributed by atoms with Crippen LogP contribution in [0, 0.1) is 16.0 Å². The van der Waals surface area contributed by atoms with Gasteiger partial charge in [0.1, 0.15) is 11.8 Å². The highest BCUT2D eigenvalue weighted by Crippen LogP contribution is 2.26. The van der Waals surface area contributed by atoms with Crippen LogP contribution in [-0.2, 0) is 4.74 Å². The Morgan fingerprint density at radius 2 is 2.18 bits per heavy atom. The molecule has 1 fully saturated rings. The summed E-state index contributed by atoms with van der Waals surface area (Å²) in [5.74, 6) is 0.330. The average molecular weight is 309 g/mol. The summed E-state index contributed by atoms with van der Waals surface area (Å²) < 4.78 is 10.7. The normalized spacial score (nSPS) is 15.1. The molecule has 120 valence electrons. The number of carbonyl (C=O) groups excluding carboxylic acids is 1. The number of carbonyl (C=O) groups is 1. The van der Waals surface area contributed by atoms with Crippen LogP contribution >= 0.6 is 0 Å². The molecule has 1 aliphatic rings. The molecule has 2 rings (SSSR count). The molecule has 22 heavy (non-hydrogen) atoms. The zero-order chi connectivity index (χ0) is 16.3. The summed E-state index contributed by atoms with van der Waals surface area (Å²) in [5, 5.41) is 10.8. The summed E-state index contributed by atoms with van der Waals surface area (Å²) in [6.07, 6.45) is 2.25. The molecule has 1 aromatic rings. The maximum Gasteiger partial charge on any atom is 0.410 e. The molecule has 8 heteroatoms. The van der Waals surface area contributed by atoms with Crippen molar-refractivity contribution in [3.8, 4) is 5.75 Å². The lowest BCUT2D eigenvalue weighted by Crippen LogP contribution is -2.53. The van der Waals surface area contributed by atoms with Gasteiger partial charge in [-0.3, -0.25) is 15.1 Å². The van der Waals surface area contributed by atoms with E-state index in [4.69, 9.17) is 9.47 Å². The molecule has 0 radical (unpaired) electrons. The number of ether oxygens (including phenoxy) is 2. The van der Waals surface area contributed by atoms with Gasteiger partial charge in [0.25, 0.3) is 0 Å². The molecule has 0 aliphatic carbocycles. The predicted octanol–water partition coefficient (Wildman–Crippen LogP) is 2.24. The Kier molecular flexibility index (Phi) is 4.48. The minimum atomic E-state index is -0.532. The molecule has 8 nitrogen and oxygen atoms in total. The molecule has 2 heterocycles. The Morgan fingerprint density at radius 1 is 1.50 bits per heavy atom. The zero-order valence-electron chi connectivity index (χ0n) is 12.8. The molecule has 0 aromatic carbocycles. The summed E-state index contributed by atoms with van der Waals surface area (Å²) >= 11 is 0. The summed E-state index contributed by atoms with van der Waals surface area (Å²) in [7, 11) is 0. The fraction of sp³-hybridized carbons (Fsp3) is 0.571. The summed E-state index contributed by atoms with van der Waals surface area (Å²) in [6, 6.07) is 1.46. The monoisotopic (exact) mass is 309 g/mol. The van der Waals surface area contributed by atoms with Gasteiger partial charge in [0, 0.05) is 31.3 Å². The second-order valence-corrected chi connectivity index (χ2v) is 6.16. The summed E-state index contributed by atoms with van der Waals surface area (Å²) in [5.41, 5.74) is -0.679.